The third-order valence-corrected chi connectivity index (χ3v) is 5.90. The predicted octanol–water partition coefficient (Wildman–Crippen LogP) is 4.82. The molecule has 1 aliphatic rings. The summed E-state index contributed by atoms with van der Waals surface area (Å²) in [7, 11) is -3.74. The van der Waals surface area contributed by atoms with Crippen LogP contribution in [0.1, 0.15) is 5.56 Å². The third kappa shape index (κ3) is 3.54. The molecule has 0 saturated carbocycles. The number of aliphatic imine (C=N–C) groups is 1. The topological polar surface area (TPSA) is 61.8 Å². The summed E-state index contributed by atoms with van der Waals surface area (Å²) in [6.07, 6.45) is 8.94. The van der Waals surface area contributed by atoms with Crippen LogP contribution in [0.4, 0.5) is 11.4 Å². The van der Waals surface area contributed by atoms with Crippen LogP contribution in [0.3, 0.4) is 0 Å². The van der Waals surface area contributed by atoms with Crippen LogP contribution in [0.5, 0.6) is 0 Å². The molecule has 0 saturated heterocycles. The zero-order valence-electron chi connectivity index (χ0n) is 15.3. The molecular formula is C22H19N3O2S. The molecule has 0 radical (unpaired) electrons. The molecule has 0 fully saturated rings. The molecule has 3 aromatic rings. The summed E-state index contributed by atoms with van der Waals surface area (Å²) in [6.45, 7) is 1.96. The minimum absolute atomic E-state index is 0.242. The van der Waals surface area contributed by atoms with Crippen LogP contribution in [0, 0.1) is 6.92 Å². The number of anilines is 2. The Bertz CT molecular complexity index is 1190. The first-order valence-electron chi connectivity index (χ1n) is 8.81. The van der Waals surface area contributed by atoms with E-state index in [1.165, 1.54) is 0 Å². The molecule has 0 bridgehead atoms. The van der Waals surface area contributed by atoms with Gasteiger partial charge in [0.25, 0.3) is 10.0 Å². The van der Waals surface area contributed by atoms with E-state index in [0.29, 0.717) is 11.1 Å². The zero-order valence-corrected chi connectivity index (χ0v) is 16.1. The number of hydrogen-bond acceptors (Lipinski definition) is 4. The quantitative estimate of drug-likeness (QED) is 0.695. The van der Waals surface area contributed by atoms with Gasteiger partial charge in [-0.3, -0.25) is 9.71 Å². The lowest BCUT2D eigenvalue weighted by Gasteiger charge is -2.19. The van der Waals surface area contributed by atoms with Crippen molar-refractivity contribution in [2.75, 3.05) is 9.62 Å². The van der Waals surface area contributed by atoms with Gasteiger partial charge in [-0.1, -0.05) is 42.0 Å². The van der Waals surface area contributed by atoms with E-state index in [1.54, 1.807) is 30.6 Å². The molecule has 1 aliphatic heterocycles. The van der Waals surface area contributed by atoms with Gasteiger partial charge in [0, 0.05) is 41.3 Å². The highest BCUT2D eigenvalue weighted by atomic mass is 32.2. The van der Waals surface area contributed by atoms with E-state index >= 15 is 0 Å². The van der Waals surface area contributed by atoms with Crippen molar-refractivity contribution >= 4 is 38.4 Å². The van der Waals surface area contributed by atoms with Crippen LogP contribution in [0.2, 0.25) is 0 Å². The van der Waals surface area contributed by atoms with E-state index in [-0.39, 0.29) is 4.90 Å². The fourth-order valence-corrected chi connectivity index (χ4v) is 4.37. The summed E-state index contributed by atoms with van der Waals surface area (Å²) < 4.78 is 28.8. The molecule has 3 aromatic carbocycles. The highest BCUT2D eigenvalue weighted by Gasteiger charge is 2.20. The number of hydrogen-bond donors (Lipinski definition) is 1. The van der Waals surface area contributed by atoms with Gasteiger partial charge in [-0.25, -0.2) is 8.42 Å². The van der Waals surface area contributed by atoms with Crippen LogP contribution in [0.15, 0.2) is 95.2 Å². The minimum atomic E-state index is -3.74. The van der Waals surface area contributed by atoms with Crippen LogP contribution in [-0.4, -0.2) is 14.6 Å². The summed E-state index contributed by atoms with van der Waals surface area (Å²) in [5.41, 5.74) is 2.48. The molecule has 0 aliphatic carbocycles. The normalized spacial score (nSPS) is 13.7. The Labute approximate surface area is 164 Å². The van der Waals surface area contributed by atoms with Gasteiger partial charge in [-0.15, -0.1) is 0 Å². The zero-order chi connectivity index (χ0) is 19.6. The lowest BCUT2D eigenvalue weighted by molar-refractivity contribution is 0.602. The second-order valence-corrected chi connectivity index (χ2v) is 8.10. The minimum Gasteiger partial charge on any atom is -0.322 e. The molecular weight excluding hydrogens is 370 g/mol. The maximum atomic E-state index is 13.1. The predicted molar refractivity (Wildman–Crippen MR) is 115 cm³/mol. The maximum absolute atomic E-state index is 13.1. The Morgan fingerprint density at radius 1 is 0.893 bits per heavy atom. The van der Waals surface area contributed by atoms with Crippen LogP contribution >= 0.6 is 0 Å². The molecule has 5 nitrogen and oxygen atoms in total. The third-order valence-electron chi connectivity index (χ3n) is 4.46. The van der Waals surface area contributed by atoms with Crippen LogP contribution < -0.4 is 9.62 Å². The summed E-state index contributed by atoms with van der Waals surface area (Å²) in [5, 5.41) is 1.50. The Morgan fingerprint density at radius 3 is 2.43 bits per heavy atom. The molecule has 0 amide bonds. The molecule has 0 atom stereocenters. The van der Waals surface area contributed by atoms with E-state index in [0.717, 1.165) is 16.6 Å². The molecule has 1 heterocycles. The van der Waals surface area contributed by atoms with E-state index in [4.69, 9.17) is 0 Å². The summed E-state index contributed by atoms with van der Waals surface area (Å²) in [6, 6.07) is 18.2. The summed E-state index contributed by atoms with van der Waals surface area (Å²) in [4.78, 5) is 6.25. The average molecular weight is 389 g/mol. The smallest absolute Gasteiger partial charge is 0.262 e. The van der Waals surface area contributed by atoms with Gasteiger partial charge in [0.2, 0.25) is 0 Å². The van der Waals surface area contributed by atoms with Gasteiger partial charge in [0.05, 0.1) is 10.6 Å². The van der Waals surface area contributed by atoms with E-state index < -0.39 is 10.0 Å². The van der Waals surface area contributed by atoms with Gasteiger partial charge < -0.3 is 4.90 Å². The Hall–Kier alpha value is -3.38. The number of sulfonamides is 1. The fraction of sp³-hybridized carbons (Fsp3) is 0.0455. The van der Waals surface area contributed by atoms with Crippen molar-refractivity contribution in [3.63, 3.8) is 0 Å². The monoisotopic (exact) mass is 389 g/mol. The second kappa shape index (κ2) is 7.32. The fourth-order valence-electron chi connectivity index (χ4n) is 3.10. The van der Waals surface area contributed by atoms with Gasteiger partial charge in [-0.05, 0) is 37.3 Å². The van der Waals surface area contributed by atoms with Crippen molar-refractivity contribution in [2.24, 2.45) is 4.99 Å². The lowest BCUT2D eigenvalue weighted by Crippen LogP contribution is -2.14. The van der Waals surface area contributed by atoms with Crippen molar-refractivity contribution < 1.29 is 8.42 Å². The molecule has 0 unspecified atom stereocenters. The first-order chi connectivity index (χ1) is 13.5. The Kier molecular flexibility index (Phi) is 4.71. The standard InChI is InChI=1S/C22H19N3O2S/c1-17-7-9-18(10-8-17)24-28(26,27)22-12-11-21(19-5-2-3-6-20(19)22)25-15-4-13-23-14-16-25/h2-16,24H,1H3. The van der Waals surface area contributed by atoms with E-state index in [9.17, 15) is 8.42 Å². The van der Waals surface area contributed by atoms with Crippen LogP contribution in [0.25, 0.3) is 10.8 Å². The van der Waals surface area contributed by atoms with Crippen molar-refractivity contribution in [3.8, 4) is 0 Å². The highest BCUT2D eigenvalue weighted by molar-refractivity contribution is 7.93. The van der Waals surface area contributed by atoms with Crippen molar-refractivity contribution in [2.45, 2.75) is 11.8 Å². The van der Waals surface area contributed by atoms with Gasteiger partial charge in [-0.2, -0.15) is 0 Å². The first kappa shape index (κ1) is 18.0. The molecule has 1 N–H and O–H groups in total. The summed E-state index contributed by atoms with van der Waals surface area (Å²) in [5.74, 6) is 0. The number of allylic oxidation sites excluding steroid dienone is 1. The Balaban J connectivity index is 1.80. The SMILES string of the molecule is Cc1ccc(NS(=O)(=O)c2ccc(N3C=CC=NC=C3)c3ccccc23)cc1. The first-order valence-corrected chi connectivity index (χ1v) is 10.3. The summed E-state index contributed by atoms with van der Waals surface area (Å²) >= 11 is 0. The maximum Gasteiger partial charge on any atom is 0.262 e. The Morgan fingerprint density at radius 2 is 1.64 bits per heavy atom. The molecule has 140 valence electrons. The largest absolute Gasteiger partial charge is 0.322 e. The van der Waals surface area contributed by atoms with E-state index in [2.05, 4.69) is 9.71 Å². The van der Waals surface area contributed by atoms with Gasteiger partial charge in [0.1, 0.15) is 0 Å². The average Bonchev–Trinajstić information content (AvgIpc) is 2.98. The van der Waals surface area contributed by atoms with Crippen molar-refractivity contribution in [1.29, 1.82) is 0 Å². The van der Waals surface area contributed by atoms with E-state index in [1.807, 2.05) is 72.8 Å². The van der Waals surface area contributed by atoms with Gasteiger partial charge >= 0.3 is 0 Å². The molecule has 0 spiro atoms. The number of rotatable bonds is 4. The van der Waals surface area contributed by atoms with Crippen LogP contribution in [-0.2, 0) is 10.0 Å². The number of nitrogens with one attached hydrogen (secondary N) is 1. The highest BCUT2D eigenvalue weighted by Crippen LogP contribution is 2.33. The number of benzene rings is 3. The number of aryl methyl sites for hydroxylation is 1. The molecule has 4 rings (SSSR count). The van der Waals surface area contributed by atoms with Crippen molar-refractivity contribution in [3.05, 3.63) is 90.9 Å². The number of nitrogens with zero attached hydrogens (tertiary/aromatic N) is 2. The molecule has 6 heteroatoms. The molecule has 28 heavy (non-hydrogen) atoms. The lowest BCUT2D eigenvalue weighted by atomic mass is 10.1. The van der Waals surface area contributed by atoms with Crippen molar-refractivity contribution in [1.82, 2.24) is 0 Å². The van der Waals surface area contributed by atoms with Gasteiger partial charge in [0.15, 0.2) is 0 Å². The second-order valence-electron chi connectivity index (χ2n) is 6.45. The number of fused-ring (bicyclic) bond motifs is 1. The molecule has 0 aromatic heterocycles.